The molecule has 0 aromatic carbocycles. The molecule has 3 N–H and O–H groups in total. The second-order valence-corrected chi connectivity index (χ2v) is 11.0. The van der Waals surface area contributed by atoms with E-state index in [-0.39, 0.29) is 60.1 Å². The van der Waals surface area contributed by atoms with Crippen molar-refractivity contribution in [3.8, 4) is 0 Å². The molecule has 34 heavy (non-hydrogen) atoms. The van der Waals surface area contributed by atoms with E-state index in [1.165, 1.54) is 0 Å². The number of carbonyl (C=O) groups excluding carboxylic acids is 2. The van der Waals surface area contributed by atoms with Crippen LogP contribution in [0.15, 0.2) is 23.8 Å². The van der Waals surface area contributed by atoms with Crippen molar-refractivity contribution < 1.29 is 29.6 Å². The van der Waals surface area contributed by atoms with Crippen LogP contribution < -0.4 is 0 Å². The normalized spacial score (nSPS) is 30.2. The number of carbonyl (C=O) groups is 2. The van der Waals surface area contributed by atoms with Crippen molar-refractivity contribution in [1.82, 2.24) is 0 Å². The predicted octanol–water partition coefficient (Wildman–Crippen LogP) is 4.22. The van der Waals surface area contributed by atoms with Crippen LogP contribution in [-0.2, 0) is 14.3 Å². The Morgan fingerprint density at radius 3 is 2.44 bits per heavy atom. The third-order valence-electron chi connectivity index (χ3n) is 7.98. The summed E-state index contributed by atoms with van der Waals surface area (Å²) in [6.07, 6.45) is 5.91. The number of allylic oxidation sites excluding steroid dienone is 2. The second-order valence-electron chi connectivity index (χ2n) is 11.0. The average Bonchev–Trinajstić information content (AvgIpc) is 2.76. The Balaban J connectivity index is 2.02. The van der Waals surface area contributed by atoms with Gasteiger partial charge in [-0.05, 0) is 49.0 Å². The van der Waals surface area contributed by atoms with Gasteiger partial charge in [-0.25, -0.2) is 0 Å². The van der Waals surface area contributed by atoms with Gasteiger partial charge in [0, 0.05) is 24.7 Å². The van der Waals surface area contributed by atoms with Gasteiger partial charge in [0.05, 0.1) is 24.2 Å². The number of ether oxygens (including phenoxy) is 1. The van der Waals surface area contributed by atoms with E-state index in [1.807, 2.05) is 46.8 Å². The molecule has 2 rings (SSSR count). The molecule has 0 aromatic rings. The molecule has 1 unspecified atom stereocenters. The van der Waals surface area contributed by atoms with Crippen molar-refractivity contribution in [3.05, 3.63) is 23.8 Å². The highest BCUT2D eigenvalue weighted by molar-refractivity contribution is 5.81. The maximum Gasteiger partial charge on any atom is 0.308 e. The summed E-state index contributed by atoms with van der Waals surface area (Å²) in [5, 5.41) is 31.3. The molecule has 0 amide bonds. The van der Waals surface area contributed by atoms with Gasteiger partial charge >= 0.3 is 5.97 Å². The number of rotatable bonds is 12. The van der Waals surface area contributed by atoms with E-state index in [4.69, 9.17) is 4.74 Å². The zero-order chi connectivity index (χ0) is 25.6. The molecule has 6 nitrogen and oxygen atoms in total. The summed E-state index contributed by atoms with van der Waals surface area (Å²) in [4.78, 5) is 24.8. The van der Waals surface area contributed by atoms with Gasteiger partial charge in [0.15, 0.2) is 0 Å². The molecular formula is C28H46O6. The number of ketones is 1. The summed E-state index contributed by atoms with van der Waals surface area (Å²) >= 11 is 0. The molecule has 194 valence electrons. The maximum absolute atomic E-state index is 12.5. The number of hydrogen-bond donors (Lipinski definition) is 3. The van der Waals surface area contributed by atoms with Gasteiger partial charge in [0.2, 0.25) is 0 Å². The first-order valence-corrected chi connectivity index (χ1v) is 13.1. The van der Waals surface area contributed by atoms with Crippen LogP contribution in [0, 0.1) is 35.5 Å². The third kappa shape index (κ3) is 7.76. The summed E-state index contributed by atoms with van der Waals surface area (Å²) in [6.45, 7) is 11.8. The quantitative estimate of drug-likeness (QED) is 0.363. The van der Waals surface area contributed by atoms with Crippen LogP contribution in [0.1, 0.15) is 80.1 Å². The Kier molecular flexibility index (Phi) is 11.0. The first-order chi connectivity index (χ1) is 15.9. The van der Waals surface area contributed by atoms with E-state index >= 15 is 0 Å². The van der Waals surface area contributed by atoms with Gasteiger partial charge in [-0.3, -0.25) is 9.59 Å². The van der Waals surface area contributed by atoms with Gasteiger partial charge in [0.1, 0.15) is 11.9 Å². The second kappa shape index (κ2) is 13.0. The number of aliphatic hydroxyl groups excluding tert-OH is 3. The molecule has 0 aromatic heterocycles. The largest absolute Gasteiger partial charge is 0.461 e. The fourth-order valence-electron chi connectivity index (χ4n) is 5.11. The summed E-state index contributed by atoms with van der Waals surface area (Å²) in [6, 6.07) is 0. The van der Waals surface area contributed by atoms with Crippen LogP contribution in [0.3, 0.4) is 0 Å². The highest BCUT2D eigenvalue weighted by Crippen LogP contribution is 2.44. The SMILES string of the molecule is CC[C@H](C)C(=O)O[C@H]1C[C@H](O)C=C2C=C[C@H](C)[C@H](CC[C@@H](O)C[C@@H](O)CC(=O)C(C)C(C)C)[C@H]21. The van der Waals surface area contributed by atoms with Crippen LogP contribution in [0.4, 0.5) is 0 Å². The Morgan fingerprint density at radius 2 is 1.82 bits per heavy atom. The molecule has 0 saturated heterocycles. The van der Waals surface area contributed by atoms with E-state index in [1.54, 1.807) is 0 Å². The highest BCUT2D eigenvalue weighted by Gasteiger charge is 2.42. The number of hydrogen-bond acceptors (Lipinski definition) is 6. The van der Waals surface area contributed by atoms with Gasteiger partial charge in [0.25, 0.3) is 0 Å². The number of aliphatic hydroxyl groups is 3. The minimum absolute atomic E-state index is 0.0259. The van der Waals surface area contributed by atoms with Crippen molar-refractivity contribution in [3.63, 3.8) is 0 Å². The molecule has 0 radical (unpaired) electrons. The topological polar surface area (TPSA) is 104 Å². The maximum atomic E-state index is 12.5. The van der Waals surface area contributed by atoms with Crippen LogP contribution >= 0.6 is 0 Å². The Labute approximate surface area is 205 Å². The van der Waals surface area contributed by atoms with Gasteiger partial charge in [-0.2, -0.15) is 0 Å². The van der Waals surface area contributed by atoms with Crippen molar-refractivity contribution in [2.45, 2.75) is 104 Å². The minimum Gasteiger partial charge on any atom is -0.461 e. The van der Waals surface area contributed by atoms with Gasteiger partial charge in [-0.15, -0.1) is 0 Å². The van der Waals surface area contributed by atoms with Crippen LogP contribution in [0.25, 0.3) is 0 Å². The predicted molar refractivity (Wildman–Crippen MR) is 133 cm³/mol. The Morgan fingerprint density at radius 1 is 1.15 bits per heavy atom. The number of Topliss-reactive ketones (excluding diaryl/α,β-unsaturated/α-hetero) is 1. The van der Waals surface area contributed by atoms with Gasteiger partial charge in [-0.1, -0.05) is 59.8 Å². The van der Waals surface area contributed by atoms with Crippen LogP contribution in [0.2, 0.25) is 0 Å². The lowest BCUT2D eigenvalue weighted by atomic mass is 9.66. The summed E-state index contributed by atoms with van der Waals surface area (Å²) < 4.78 is 5.91. The zero-order valence-corrected chi connectivity index (χ0v) is 21.8. The fourth-order valence-corrected chi connectivity index (χ4v) is 5.11. The number of esters is 1. The van der Waals surface area contributed by atoms with Crippen molar-refractivity contribution in [1.29, 1.82) is 0 Å². The van der Waals surface area contributed by atoms with Crippen molar-refractivity contribution in [2.75, 3.05) is 0 Å². The fraction of sp³-hybridized carbons (Fsp3) is 0.786. The Bertz CT molecular complexity index is 741. The average molecular weight is 479 g/mol. The van der Waals surface area contributed by atoms with E-state index in [0.717, 1.165) is 5.57 Å². The summed E-state index contributed by atoms with van der Waals surface area (Å²) in [7, 11) is 0. The molecule has 9 atom stereocenters. The van der Waals surface area contributed by atoms with Crippen molar-refractivity contribution >= 4 is 11.8 Å². The zero-order valence-electron chi connectivity index (χ0n) is 21.8. The first-order valence-electron chi connectivity index (χ1n) is 13.1. The molecule has 0 fully saturated rings. The standard InChI is InChI=1S/C28H46O6/c1-7-17(4)28(33)34-26-15-22(30)12-20-9-8-18(5)24(27(20)26)11-10-21(29)13-23(31)14-25(32)19(6)16(2)3/h8-9,12,16-19,21-24,26-27,29-31H,7,10-11,13-15H2,1-6H3/t17-,18-,19?,21+,22+,23+,24-,26-,27-/m0/s1. The molecular weight excluding hydrogens is 432 g/mol. The minimum atomic E-state index is -0.850. The van der Waals surface area contributed by atoms with E-state index < -0.39 is 24.4 Å². The molecule has 0 aliphatic heterocycles. The molecule has 0 heterocycles. The van der Waals surface area contributed by atoms with E-state index in [2.05, 4.69) is 13.0 Å². The molecule has 0 bridgehead atoms. The monoisotopic (exact) mass is 478 g/mol. The third-order valence-corrected chi connectivity index (χ3v) is 7.98. The Hall–Kier alpha value is -1.50. The molecule has 0 saturated carbocycles. The summed E-state index contributed by atoms with van der Waals surface area (Å²) in [5.74, 6) is 0.0777. The van der Waals surface area contributed by atoms with Crippen molar-refractivity contribution in [2.24, 2.45) is 35.5 Å². The van der Waals surface area contributed by atoms with Gasteiger partial charge < -0.3 is 20.1 Å². The lowest BCUT2D eigenvalue weighted by Crippen LogP contribution is -2.43. The summed E-state index contributed by atoms with van der Waals surface area (Å²) in [5.41, 5.74) is 0.992. The molecule has 0 spiro atoms. The van der Waals surface area contributed by atoms with Crippen LogP contribution in [0.5, 0.6) is 0 Å². The lowest BCUT2D eigenvalue weighted by molar-refractivity contribution is -0.159. The van der Waals surface area contributed by atoms with E-state index in [9.17, 15) is 24.9 Å². The van der Waals surface area contributed by atoms with Crippen LogP contribution in [-0.4, -0.2) is 51.5 Å². The highest BCUT2D eigenvalue weighted by atomic mass is 16.5. The first kappa shape index (κ1) is 28.7. The molecule has 6 heteroatoms. The smallest absolute Gasteiger partial charge is 0.308 e. The molecule has 2 aliphatic rings. The molecule has 2 aliphatic carbocycles. The number of fused-ring (bicyclic) bond motifs is 1. The lowest BCUT2D eigenvalue weighted by Gasteiger charge is -2.43. The van der Waals surface area contributed by atoms with E-state index in [0.29, 0.717) is 25.7 Å².